The number of aliphatic hydroxyl groups excluding tert-OH is 1. The fourth-order valence-electron chi connectivity index (χ4n) is 2.10. The van der Waals surface area contributed by atoms with Gasteiger partial charge in [0, 0.05) is 12.8 Å². The molecule has 90 valence electrons. The Morgan fingerprint density at radius 2 is 1.83 bits per heavy atom. The van der Waals surface area contributed by atoms with Crippen LogP contribution < -0.4 is 0 Å². The molecule has 0 amide bonds. The van der Waals surface area contributed by atoms with E-state index in [2.05, 4.69) is 11.1 Å². The summed E-state index contributed by atoms with van der Waals surface area (Å²) in [5.41, 5.74) is 0.657. The van der Waals surface area contributed by atoms with Gasteiger partial charge in [0.05, 0.1) is 11.8 Å². The summed E-state index contributed by atoms with van der Waals surface area (Å²) in [6.45, 7) is -0.0565. The molecule has 2 rings (SSSR count). The summed E-state index contributed by atoms with van der Waals surface area (Å²) in [4.78, 5) is 4.28. The maximum Gasteiger partial charge on any atom is 0.126 e. The molecule has 0 aliphatic heterocycles. The van der Waals surface area contributed by atoms with Crippen molar-refractivity contribution in [3.8, 4) is 6.07 Å². The largest absolute Gasteiger partial charge is 0.396 e. The second-order valence-electron chi connectivity index (χ2n) is 4.07. The first-order valence-electron chi connectivity index (χ1n) is 5.82. The van der Waals surface area contributed by atoms with Gasteiger partial charge in [0.2, 0.25) is 0 Å². The van der Waals surface area contributed by atoms with Crippen LogP contribution in [0, 0.1) is 11.3 Å². The summed E-state index contributed by atoms with van der Waals surface area (Å²) in [7, 11) is 0. The van der Waals surface area contributed by atoms with Gasteiger partial charge in [-0.15, -0.1) is 0 Å². The summed E-state index contributed by atoms with van der Waals surface area (Å²) in [6, 6.07) is 17.3. The van der Waals surface area contributed by atoms with Crippen molar-refractivity contribution in [1.29, 1.82) is 5.26 Å². The maximum absolute atomic E-state index is 9.61. The molecule has 1 atom stereocenters. The molecule has 0 aliphatic rings. The van der Waals surface area contributed by atoms with Crippen LogP contribution in [0.2, 0.25) is 0 Å². The van der Waals surface area contributed by atoms with Crippen molar-refractivity contribution >= 4 is 0 Å². The normalized spacial score (nSPS) is 13.6. The molecule has 3 heteroatoms. The van der Waals surface area contributed by atoms with Crippen molar-refractivity contribution in [1.82, 2.24) is 4.98 Å². The predicted molar refractivity (Wildman–Crippen MR) is 68.8 cm³/mol. The van der Waals surface area contributed by atoms with Crippen LogP contribution >= 0.6 is 0 Å². The number of hydrogen-bond acceptors (Lipinski definition) is 3. The molecule has 1 aromatic heterocycles. The van der Waals surface area contributed by atoms with Gasteiger partial charge >= 0.3 is 0 Å². The van der Waals surface area contributed by atoms with Crippen LogP contribution in [0.5, 0.6) is 0 Å². The zero-order valence-electron chi connectivity index (χ0n) is 9.95. The zero-order valence-corrected chi connectivity index (χ0v) is 9.95. The minimum absolute atomic E-state index is 0.0565. The standard InChI is InChI=1S/C15H14N2O/c16-12-15(9-11-18,13-6-2-1-3-7-13)14-8-4-5-10-17-14/h1-8,10,18H,9,11H2. The molecule has 0 radical (unpaired) electrons. The quantitative estimate of drug-likeness (QED) is 0.889. The molecule has 1 aromatic carbocycles. The lowest BCUT2D eigenvalue weighted by molar-refractivity contribution is 0.268. The summed E-state index contributed by atoms with van der Waals surface area (Å²) in [5, 5.41) is 18.9. The Hall–Kier alpha value is -2.18. The van der Waals surface area contributed by atoms with Gasteiger partial charge in [-0.1, -0.05) is 36.4 Å². The number of aliphatic hydroxyl groups is 1. The minimum atomic E-state index is -0.878. The smallest absolute Gasteiger partial charge is 0.126 e. The van der Waals surface area contributed by atoms with Crippen LogP contribution in [0.25, 0.3) is 0 Å². The highest BCUT2D eigenvalue weighted by molar-refractivity contribution is 5.42. The van der Waals surface area contributed by atoms with Crippen LogP contribution in [-0.4, -0.2) is 16.7 Å². The second-order valence-corrected chi connectivity index (χ2v) is 4.07. The van der Waals surface area contributed by atoms with Crippen molar-refractivity contribution in [3.63, 3.8) is 0 Å². The van der Waals surface area contributed by atoms with Gasteiger partial charge in [-0.25, -0.2) is 0 Å². The molecule has 0 saturated carbocycles. The summed E-state index contributed by atoms with van der Waals surface area (Å²) in [6.07, 6.45) is 2.01. The highest BCUT2D eigenvalue weighted by Gasteiger charge is 2.35. The summed E-state index contributed by atoms with van der Waals surface area (Å²) < 4.78 is 0. The average molecular weight is 238 g/mol. The number of benzene rings is 1. The first kappa shape index (κ1) is 12.3. The fraction of sp³-hybridized carbons (Fsp3) is 0.200. The molecule has 1 heterocycles. The molecule has 0 bridgehead atoms. The molecule has 1 N–H and O–H groups in total. The monoisotopic (exact) mass is 238 g/mol. The Bertz CT molecular complexity index is 492. The topological polar surface area (TPSA) is 56.9 Å². The number of rotatable bonds is 4. The van der Waals surface area contributed by atoms with E-state index in [1.54, 1.807) is 6.20 Å². The molecule has 3 nitrogen and oxygen atoms in total. The summed E-state index contributed by atoms with van der Waals surface area (Å²) in [5.74, 6) is 0. The van der Waals surface area contributed by atoms with Gasteiger partial charge < -0.3 is 5.11 Å². The lowest BCUT2D eigenvalue weighted by Gasteiger charge is -2.25. The van der Waals surface area contributed by atoms with E-state index >= 15 is 0 Å². The third-order valence-electron chi connectivity index (χ3n) is 3.05. The van der Waals surface area contributed by atoms with Gasteiger partial charge in [0.15, 0.2) is 0 Å². The van der Waals surface area contributed by atoms with E-state index in [0.717, 1.165) is 5.56 Å². The Morgan fingerprint density at radius 3 is 2.39 bits per heavy atom. The van der Waals surface area contributed by atoms with E-state index in [9.17, 15) is 10.4 Å². The summed E-state index contributed by atoms with van der Waals surface area (Å²) >= 11 is 0. The first-order chi connectivity index (χ1) is 8.83. The van der Waals surface area contributed by atoms with Crippen molar-refractivity contribution < 1.29 is 5.11 Å². The maximum atomic E-state index is 9.61. The average Bonchev–Trinajstić information content (AvgIpc) is 2.47. The van der Waals surface area contributed by atoms with Gasteiger partial charge in [-0.05, 0) is 24.1 Å². The van der Waals surface area contributed by atoms with Gasteiger partial charge in [-0.3, -0.25) is 4.98 Å². The molecular formula is C15H14N2O. The molecule has 18 heavy (non-hydrogen) atoms. The molecule has 2 aromatic rings. The van der Waals surface area contributed by atoms with E-state index in [1.807, 2.05) is 48.5 Å². The van der Waals surface area contributed by atoms with E-state index in [0.29, 0.717) is 12.1 Å². The second kappa shape index (κ2) is 5.44. The van der Waals surface area contributed by atoms with Crippen LogP contribution in [0.1, 0.15) is 17.7 Å². The Kier molecular flexibility index (Phi) is 3.71. The van der Waals surface area contributed by atoms with Gasteiger partial charge in [0.1, 0.15) is 5.41 Å². The number of hydrogen-bond donors (Lipinski definition) is 1. The Labute approximate surface area is 106 Å². The van der Waals surface area contributed by atoms with Crippen LogP contribution in [0.15, 0.2) is 54.7 Å². The van der Waals surface area contributed by atoms with Crippen LogP contribution in [0.4, 0.5) is 0 Å². The number of nitriles is 1. The van der Waals surface area contributed by atoms with E-state index in [4.69, 9.17) is 0 Å². The number of pyridine rings is 1. The molecule has 0 saturated heterocycles. The third-order valence-corrected chi connectivity index (χ3v) is 3.05. The van der Waals surface area contributed by atoms with Crippen molar-refractivity contribution in [2.75, 3.05) is 6.61 Å². The van der Waals surface area contributed by atoms with E-state index < -0.39 is 5.41 Å². The number of aromatic nitrogens is 1. The predicted octanol–water partition coefficient (Wildman–Crippen LogP) is 2.27. The third kappa shape index (κ3) is 2.11. The SMILES string of the molecule is N#CC(CCO)(c1ccccc1)c1ccccn1. The van der Waals surface area contributed by atoms with E-state index in [-0.39, 0.29) is 6.61 Å². The van der Waals surface area contributed by atoms with Crippen LogP contribution in [0.3, 0.4) is 0 Å². The highest BCUT2D eigenvalue weighted by atomic mass is 16.3. The Balaban J connectivity index is 2.58. The molecule has 0 fully saturated rings. The molecular weight excluding hydrogens is 224 g/mol. The lowest BCUT2D eigenvalue weighted by atomic mass is 9.76. The Morgan fingerprint density at radius 1 is 1.11 bits per heavy atom. The molecule has 0 aliphatic carbocycles. The van der Waals surface area contributed by atoms with Crippen LogP contribution in [-0.2, 0) is 5.41 Å². The fourth-order valence-corrected chi connectivity index (χ4v) is 2.10. The highest BCUT2D eigenvalue weighted by Crippen LogP contribution is 2.33. The van der Waals surface area contributed by atoms with Crippen molar-refractivity contribution in [2.24, 2.45) is 0 Å². The molecule has 0 spiro atoms. The van der Waals surface area contributed by atoms with Crippen molar-refractivity contribution in [2.45, 2.75) is 11.8 Å². The first-order valence-corrected chi connectivity index (χ1v) is 5.82. The van der Waals surface area contributed by atoms with E-state index in [1.165, 1.54) is 0 Å². The van der Waals surface area contributed by atoms with Gasteiger partial charge in [-0.2, -0.15) is 5.26 Å². The van der Waals surface area contributed by atoms with Gasteiger partial charge in [0.25, 0.3) is 0 Å². The zero-order chi connectivity index (χ0) is 12.8. The van der Waals surface area contributed by atoms with Crippen molar-refractivity contribution in [3.05, 3.63) is 66.0 Å². The minimum Gasteiger partial charge on any atom is -0.396 e. The molecule has 1 unspecified atom stereocenters. The number of nitrogens with zero attached hydrogens (tertiary/aromatic N) is 2. The lowest BCUT2D eigenvalue weighted by Crippen LogP contribution is -2.28.